The average Bonchev–Trinajstić information content (AvgIpc) is 2.46. The van der Waals surface area contributed by atoms with Gasteiger partial charge in [-0.25, -0.2) is 0 Å². The maximum Gasteiger partial charge on any atom is 0.258 e. The molecule has 0 saturated carbocycles. The molecule has 1 aliphatic rings. The molecule has 1 amide bonds. The van der Waals surface area contributed by atoms with Crippen LogP contribution in [0.5, 0.6) is 5.75 Å². The van der Waals surface area contributed by atoms with Crippen molar-refractivity contribution in [3.8, 4) is 5.75 Å². The fraction of sp³-hybridized carbons (Fsp3) is 0.588. The average molecular weight is 370 g/mol. The van der Waals surface area contributed by atoms with E-state index in [0.717, 1.165) is 28.6 Å². The third-order valence-electron chi connectivity index (χ3n) is 3.69. The molecule has 1 aromatic rings. The monoisotopic (exact) mass is 369 g/mol. The summed E-state index contributed by atoms with van der Waals surface area (Å²) >= 11 is 3.49. The van der Waals surface area contributed by atoms with Gasteiger partial charge in [0.05, 0.1) is 0 Å². The number of amides is 1. The van der Waals surface area contributed by atoms with Crippen molar-refractivity contribution >= 4 is 21.8 Å². The summed E-state index contributed by atoms with van der Waals surface area (Å²) in [6, 6.07) is 6.09. The fourth-order valence-electron chi connectivity index (χ4n) is 2.47. The topological polar surface area (TPSA) is 47.6 Å². The van der Waals surface area contributed by atoms with Crippen molar-refractivity contribution in [3.05, 3.63) is 28.2 Å². The second kappa shape index (κ2) is 7.47. The molecule has 1 N–H and O–H groups in total. The molecule has 0 aliphatic carbocycles. The number of benzene rings is 1. The lowest BCUT2D eigenvalue weighted by atomic mass is 9.86. The minimum absolute atomic E-state index is 0.0437. The molecule has 0 spiro atoms. The Morgan fingerprint density at radius 3 is 2.68 bits per heavy atom. The normalized spacial score (nSPS) is 16.4. The second-order valence-electron chi connectivity index (χ2n) is 6.63. The van der Waals surface area contributed by atoms with Crippen LogP contribution in [0.25, 0.3) is 0 Å². The molecule has 122 valence electrons. The van der Waals surface area contributed by atoms with E-state index < -0.39 is 0 Å². The molecule has 1 aliphatic heterocycles. The Hall–Kier alpha value is -1.07. The molecule has 1 aromatic carbocycles. The number of ether oxygens (including phenoxy) is 2. The van der Waals surface area contributed by atoms with E-state index in [2.05, 4.69) is 42.0 Å². The highest BCUT2D eigenvalue weighted by Crippen LogP contribution is 2.33. The van der Waals surface area contributed by atoms with Crippen molar-refractivity contribution < 1.29 is 14.3 Å². The van der Waals surface area contributed by atoms with Gasteiger partial charge in [-0.3, -0.25) is 4.79 Å². The number of rotatable bonds is 4. The van der Waals surface area contributed by atoms with Crippen LogP contribution < -0.4 is 10.1 Å². The lowest BCUT2D eigenvalue weighted by Crippen LogP contribution is -2.41. The molecule has 0 aromatic heterocycles. The van der Waals surface area contributed by atoms with Crippen LogP contribution in [-0.2, 0) is 14.9 Å². The highest BCUT2D eigenvalue weighted by Gasteiger charge is 2.21. The first-order valence-corrected chi connectivity index (χ1v) is 8.45. The number of carbonyl (C=O) groups is 1. The van der Waals surface area contributed by atoms with Crippen LogP contribution in [0, 0.1) is 0 Å². The highest BCUT2D eigenvalue weighted by molar-refractivity contribution is 9.10. The van der Waals surface area contributed by atoms with Crippen LogP contribution in [0.4, 0.5) is 0 Å². The number of nitrogens with one attached hydrogen (secondary N) is 1. The maximum atomic E-state index is 12.0. The quantitative estimate of drug-likeness (QED) is 0.884. The Morgan fingerprint density at radius 1 is 1.36 bits per heavy atom. The largest absolute Gasteiger partial charge is 0.483 e. The van der Waals surface area contributed by atoms with Crippen LogP contribution in [-0.4, -0.2) is 31.8 Å². The van der Waals surface area contributed by atoms with Crippen LogP contribution >= 0.6 is 15.9 Å². The summed E-state index contributed by atoms with van der Waals surface area (Å²) in [5.41, 5.74) is 1.04. The summed E-state index contributed by atoms with van der Waals surface area (Å²) in [4.78, 5) is 12.0. The SMILES string of the molecule is CC(C)(C)c1cc(Br)ccc1OCC(=O)NC1CCOCC1. The smallest absolute Gasteiger partial charge is 0.258 e. The van der Waals surface area contributed by atoms with Gasteiger partial charge >= 0.3 is 0 Å². The number of hydrogen-bond donors (Lipinski definition) is 1. The van der Waals surface area contributed by atoms with E-state index >= 15 is 0 Å². The summed E-state index contributed by atoms with van der Waals surface area (Å²) in [6.45, 7) is 7.86. The van der Waals surface area contributed by atoms with Crippen LogP contribution in [0.3, 0.4) is 0 Å². The highest BCUT2D eigenvalue weighted by atomic mass is 79.9. The predicted molar refractivity (Wildman–Crippen MR) is 90.3 cm³/mol. The van der Waals surface area contributed by atoms with Gasteiger partial charge in [-0.1, -0.05) is 36.7 Å². The lowest BCUT2D eigenvalue weighted by Gasteiger charge is -2.25. The van der Waals surface area contributed by atoms with Gasteiger partial charge < -0.3 is 14.8 Å². The van der Waals surface area contributed by atoms with Crippen molar-refractivity contribution in [3.63, 3.8) is 0 Å². The lowest BCUT2D eigenvalue weighted by molar-refractivity contribution is -0.124. The van der Waals surface area contributed by atoms with Gasteiger partial charge in [0.2, 0.25) is 0 Å². The number of carbonyl (C=O) groups excluding carboxylic acids is 1. The van der Waals surface area contributed by atoms with E-state index in [1.54, 1.807) is 0 Å². The summed E-state index contributed by atoms with van der Waals surface area (Å²) in [7, 11) is 0. The molecule has 0 bridgehead atoms. The second-order valence-corrected chi connectivity index (χ2v) is 7.55. The van der Waals surface area contributed by atoms with E-state index in [0.29, 0.717) is 13.2 Å². The molecule has 1 heterocycles. The summed E-state index contributed by atoms with van der Waals surface area (Å²) < 4.78 is 12.1. The van der Waals surface area contributed by atoms with Crippen LogP contribution in [0.15, 0.2) is 22.7 Å². The fourth-order valence-corrected chi connectivity index (χ4v) is 2.83. The molecule has 2 rings (SSSR count). The number of hydrogen-bond acceptors (Lipinski definition) is 3. The van der Waals surface area contributed by atoms with E-state index in [1.165, 1.54) is 0 Å². The Labute approximate surface area is 140 Å². The van der Waals surface area contributed by atoms with Crippen molar-refractivity contribution in [2.24, 2.45) is 0 Å². The molecule has 4 nitrogen and oxygen atoms in total. The molecule has 1 saturated heterocycles. The Morgan fingerprint density at radius 2 is 2.05 bits per heavy atom. The molecule has 5 heteroatoms. The molecule has 22 heavy (non-hydrogen) atoms. The zero-order valence-corrected chi connectivity index (χ0v) is 15.0. The van der Waals surface area contributed by atoms with Gasteiger partial charge in [0, 0.05) is 29.3 Å². The molecule has 0 unspecified atom stereocenters. The van der Waals surface area contributed by atoms with Crippen molar-refractivity contribution in [1.29, 1.82) is 0 Å². The summed E-state index contributed by atoms with van der Waals surface area (Å²) in [5, 5.41) is 3.01. The summed E-state index contributed by atoms with van der Waals surface area (Å²) in [6.07, 6.45) is 1.74. The molecular weight excluding hydrogens is 346 g/mol. The zero-order valence-electron chi connectivity index (χ0n) is 13.4. The third kappa shape index (κ3) is 4.99. The summed E-state index contributed by atoms with van der Waals surface area (Å²) in [5.74, 6) is 0.688. The standard InChI is InChI=1S/C17H24BrNO3/c1-17(2,3)14-10-12(18)4-5-15(14)22-11-16(20)19-13-6-8-21-9-7-13/h4-5,10,13H,6-9,11H2,1-3H3,(H,19,20). The number of halogens is 1. The van der Waals surface area contributed by atoms with Gasteiger partial charge in [-0.05, 0) is 36.5 Å². The van der Waals surface area contributed by atoms with Crippen LogP contribution in [0.2, 0.25) is 0 Å². The predicted octanol–water partition coefficient (Wildman–Crippen LogP) is 3.42. The van der Waals surface area contributed by atoms with Crippen molar-refractivity contribution in [1.82, 2.24) is 5.32 Å². The van der Waals surface area contributed by atoms with Gasteiger partial charge in [-0.15, -0.1) is 0 Å². The Bertz CT molecular complexity index is 519. The first kappa shape index (κ1) is 17.3. The molecule has 1 fully saturated rings. The van der Waals surface area contributed by atoms with Crippen LogP contribution in [0.1, 0.15) is 39.2 Å². The van der Waals surface area contributed by atoms with E-state index in [1.807, 2.05) is 18.2 Å². The zero-order chi connectivity index (χ0) is 16.2. The third-order valence-corrected chi connectivity index (χ3v) is 4.19. The van der Waals surface area contributed by atoms with Crippen molar-refractivity contribution in [2.75, 3.05) is 19.8 Å². The van der Waals surface area contributed by atoms with E-state index in [-0.39, 0.29) is 24.0 Å². The van der Waals surface area contributed by atoms with E-state index in [4.69, 9.17) is 9.47 Å². The van der Waals surface area contributed by atoms with Gasteiger partial charge in [0.25, 0.3) is 5.91 Å². The molecular formula is C17H24BrNO3. The minimum atomic E-state index is -0.0744. The first-order chi connectivity index (χ1) is 10.4. The van der Waals surface area contributed by atoms with Crippen molar-refractivity contribution in [2.45, 2.75) is 45.1 Å². The first-order valence-electron chi connectivity index (χ1n) is 7.66. The molecule has 0 atom stereocenters. The Balaban J connectivity index is 1.94. The maximum absolute atomic E-state index is 12.0. The van der Waals surface area contributed by atoms with Gasteiger partial charge in [-0.2, -0.15) is 0 Å². The molecule has 0 radical (unpaired) electrons. The minimum Gasteiger partial charge on any atom is -0.483 e. The Kier molecular flexibility index (Phi) is 5.87. The van der Waals surface area contributed by atoms with E-state index in [9.17, 15) is 4.79 Å². The van der Waals surface area contributed by atoms with Gasteiger partial charge in [0.1, 0.15) is 5.75 Å². The van der Waals surface area contributed by atoms with Gasteiger partial charge in [0.15, 0.2) is 6.61 Å².